The van der Waals surface area contributed by atoms with E-state index in [2.05, 4.69) is 10.3 Å². The normalized spacial score (nSPS) is 16.9. The van der Waals surface area contributed by atoms with Crippen molar-refractivity contribution < 1.29 is 19.0 Å². The second-order valence-corrected chi connectivity index (χ2v) is 5.66. The third-order valence-electron chi connectivity index (χ3n) is 4.08. The first-order chi connectivity index (χ1) is 10.5. The highest BCUT2D eigenvalue weighted by Gasteiger charge is 2.47. The third kappa shape index (κ3) is 3.75. The van der Waals surface area contributed by atoms with Gasteiger partial charge >= 0.3 is 0 Å². The standard InChI is InChI=1S/C16H24N2O4/c1-11-13(7-8-14(17-11)22-10-9-20-3)18-15(19)16(2,21-4)12-5-6-12/h7-8,12H,5-6,9-10H2,1-4H3,(H,18,19)/t16-/m1/s1. The second kappa shape index (κ2) is 7.07. The van der Waals surface area contributed by atoms with E-state index in [0.29, 0.717) is 36.4 Å². The Morgan fingerprint density at radius 3 is 2.64 bits per heavy atom. The van der Waals surface area contributed by atoms with Crippen LogP contribution in [0, 0.1) is 12.8 Å². The van der Waals surface area contributed by atoms with Crippen LogP contribution in [0.3, 0.4) is 0 Å². The van der Waals surface area contributed by atoms with Crippen LogP contribution in [0.5, 0.6) is 5.88 Å². The van der Waals surface area contributed by atoms with E-state index in [4.69, 9.17) is 14.2 Å². The molecule has 1 aromatic rings. The van der Waals surface area contributed by atoms with Crippen molar-refractivity contribution in [3.05, 3.63) is 17.8 Å². The quantitative estimate of drug-likeness (QED) is 0.745. The van der Waals surface area contributed by atoms with Crippen LogP contribution in [0.2, 0.25) is 0 Å². The summed E-state index contributed by atoms with van der Waals surface area (Å²) in [6, 6.07) is 3.53. The number of rotatable bonds is 8. The molecule has 0 aromatic carbocycles. The van der Waals surface area contributed by atoms with Gasteiger partial charge in [-0.25, -0.2) is 4.98 Å². The largest absolute Gasteiger partial charge is 0.475 e. The lowest BCUT2D eigenvalue weighted by molar-refractivity contribution is -0.138. The molecule has 2 rings (SSSR count). The molecular formula is C16H24N2O4. The van der Waals surface area contributed by atoms with Crippen molar-refractivity contribution >= 4 is 11.6 Å². The summed E-state index contributed by atoms with van der Waals surface area (Å²) < 4.78 is 15.8. The van der Waals surface area contributed by atoms with Crippen molar-refractivity contribution in [2.75, 3.05) is 32.8 Å². The van der Waals surface area contributed by atoms with Gasteiger partial charge in [-0.15, -0.1) is 0 Å². The molecule has 1 aromatic heterocycles. The summed E-state index contributed by atoms with van der Waals surface area (Å²) in [5, 5.41) is 2.91. The summed E-state index contributed by atoms with van der Waals surface area (Å²) in [5.41, 5.74) is 0.602. The molecule has 0 aliphatic heterocycles. The lowest BCUT2D eigenvalue weighted by atomic mass is 9.99. The van der Waals surface area contributed by atoms with Gasteiger partial charge in [0.1, 0.15) is 12.2 Å². The van der Waals surface area contributed by atoms with Crippen LogP contribution in [-0.4, -0.2) is 43.9 Å². The highest BCUT2D eigenvalue weighted by Crippen LogP contribution is 2.42. The number of carbonyl (C=O) groups excluding carboxylic acids is 1. The molecule has 122 valence electrons. The van der Waals surface area contributed by atoms with E-state index in [0.717, 1.165) is 12.8 Å². The van der Waals surface area contributed by atoms with Gasteiger partial charge in [-0.3, -0.25) is 4.79 Å². The van der Waals surface area contributed by atoms with E-state index < -0.39 is 5.60 Å². The smallest absolute Gasteiger partial charge is 0.256 e. The fraction of sp³-hybridized carbons (Fsp3) is 0.625. The molecule has 1 aliphatic carbocycles. The van der Waals surface area contributed by atoms with Crippen LogP contribution >= 0.6 is 0 Å². The monoisotopic (exact) mass is 308 g/mol. The van der Waals surface area contributed by atoms with Crippen LogP contribution in [0.15, 0.2) is 12.1 Å². The Bertz CT molecular complexity index is 531. The minimum absolute atomic E-state index is 0.129. The number of amides is 1. The van der Waals surface area contributed by atoms with Crippen LogP contribution in [0.25, 0.3) is 0 Å². The van der Waals surface area contributed by atoms with Crippen molar-refractivity contribution in [1.82, 2.24) is 4.98 Å². The molecule has 1 N–H and O–H groups in total. The Balaban J connectivity index is 2.02. The number of aromatic nitrogens is 1. The number of hydrogen-bond donors (Lipinski definition) is 1. The summed E-state index contributed by atoms with van der Waals surface area (Å²) in [4.78, 5) is 16.8. The maximum absolute atomic E-state index is 12.5. The van der Waals surface area contributed by atoms with Crippen LogP contribution in [0.4, 0.5) is 5.69 Å². The first-order valence-corrected chi connectivity index (χ1v) is 7.47. The number of pyridine rings is 1. The van der Waals surface area contributed by atoms with Crippen LogP contribution in [-0.2, 0) is 14.3 Å². The maximum Gasteiger partial charge on any atom is 0.256 e. The van der Waals surface area contributed by atoms with E-state index in [1.165, 1.54) is 0 Å². The number of nitrogens with zero attached hydrogens (tertiary/aromatic N) is 1. The molecule has 22 heavy (non-hydrogen) atoms. The Morgan fingerprint density at radius 2 is 2.09 bits per heavy atom. The van der Waals surface area contributed by atoms with E-state index in [-0.39, 0.29) is 5.91 Å². The van der Waals surface area contributed by atoms with Gasteiger partial charge in [0, 0.05) is 20.3 Å². The van der Waals surface area contributed by atoms with E-state index >= 15 is 0 Å². The highest BCUT2D eigenvalue weighted by molar-refractivity contribution is 5.98. The summed E-state index contributed by atoms with van der Waals surface area (Å²) in [5.74, 6) is 0.683. The summed E-state index contributed by atoms with van der Waals surface area (Å²) >= 11 is 0. The first-order valence-electron chi connectivity index (χ1n) is 7.47. The topological polar surface area (TPSA) is 69.7 Å². The minimum Gasteiger partial charge on any atom is -0.475 e. The van der Waals surface area contributed by atoms with Gasteiger partial charge in [-0.05, 0) is 38.7 Å². The predicted octanol–water partition coefficient (Wildman–Crippen LogP) is 2.17. The van der Waals surface area contributed by atoms with Gasteiger partial charge in [-0.1, -0.05) is 0 Å². The molecule has 1 fully saturated rings. The molecule has 1 aliphatic rings. The SMILES string of the molecule is COCCOc1ccc(NC(=O)[C@](C)(OC)C2CC2)c(C)n1. The number of nitrogens with one attached hydrogen (secondary N) is 1. The predicted molar refractivity (Wildman–Crippen MR) is 83.1 cm³/mol. The number of hydrogen-bond acceptors (Lipinski definition) is 5. The fourth-order valence-corrected chi connectivity index (χ4v) is 2.31. The molecule has 0 saturated heterocycles. The number of ether oxygens (including phenoxy) is 3. The Morgan fingerprint density at radius 1 is 1.36 bits per heavy atom. The van der Waals surface area contributed by atoms with Crippen LogP contribution < -0.4 is 10.1 Å². The van der Waals surface area contributed by atoms with Crippen LogP contribution in [0.1, 0.15) is 25.5 Å². The zero-order valence-corrected chi connectivity index (χ0v) is 13.6. The molecule has 1 saturated carbocycles. The molecule has 0 unspecified atom stereocenters. The summed E-state index contributed by atoms with van der Waals surface area (Å²) in [7, 11) is 3.20. The van der Waals surface area contributed by atoms with Gasteiger partial charge in [0.15, 0.2) is 0 Å². The van der Waals surface area contributed by atoms with Gasteiger partial charge in [0.2, 0.25) is 5.88 Å². The number of carbonyl (C=O) groups is 1. The average Bonchev–Trinajstić information content (AvgIpc) is 3.34. The Hall–Kier alpha value is -1.66. The molecule has 6 nitrogen and oxygen atoms in total. The summed E-state index contributed by atoms with van der Waals surface area (Å²) in [6.07, 6.45) is 2.06. The van der Waals surface area contributed by atoms with Gasteiger partial charge < -0.3 is 19.5 Å². The van der Waals surface area contributed by atoms with Crippen molar-refractivity contribution in [3.8, 4) is 5.88 Å². The average molecular weight is 308 g/mol. The van der Waals surface area contributed by atoms with Gasteiger partial charge in [0.25, 0.3) is 5.91 Å². The Labute approximate surface area is 131 Å². The van der Waals surface area contributed by atoms with Crippen molar-refractivity contribution in [3.63, 3.8) is 0 Å². The Kier molecular flexibility index (Phi) is 5.37. The maximum atomic E-state index is 12.5. The summed E-state index contributed by atoms with van der Waals surface area (Å²) in [6.45, 7) is 4.62. The molecule has 0 radical (unpaired) electrons. The first kappa shape index (κ1) is 16.7. The zero-order valence-electron chi connectivity index (χ0n) is 13.6. The third-order valence-corrected chi connectivity index (χ3v) is 4.08. The molecule has 1 heterocycles. The lowest BCUT2D eigenvalue weighted by Gasteiger charge is -2.27. The van der Waals surface area contributed by atoms with Crippen molar-refractivity contribution in [2.45, 2.75) is 32.3 Å². The lowest BCUT2D eigenvalue weighted by Crippen LogP contribution is -2.44. The molecule has 0 spiro atoms. The fourth-order valence-electron chi connectivity index (χ4n) is 2.31. The molecule has 1 atom stereocenters. The van der Waals surface area contributed by atoms with E-state index in [1.807, 2.05) is 13.8 Å². The van der Waals surface area contributed by atoms with Crippen molar-refractivity contribution in [2.24, 2.45) is 5.92 Å². The van der Waals surface area contributed by atoms with E-state index in [9.17, 15) is 4.79 Å². The molecule has 6 heteroatoms. The zero-order chi connectivity index (χ0) is 16.2. The number of anilines is 1. The second-order valence-electron chi connectivity index (χ2n) is 5.66. The highest BCUT2D eigenvalue weighted by atomic mass is 16.5. The van der Waals surface area contributed by atoms with Gasteiger partial charge in [-0.2, -0.15) is 0 Å². The van der Waals surface area contributed by atoms with Gasteiger partial charge in [0.05, 0.1) is 18.0 Å². The molecule has 0 bridgehead atoms. The van der Waals surface area contributed by atoms with E-state index in [1.54, 1.807) is 26.4 Å². The molecule has 1 amide bonds. The number of aryl methyl sites for hydroxylation is 1. The molecular weight excluding hydrogens is 284 g/mol. The number of methoxy groups -OCH3 is 2. The van der Waals surface area contributed by atoms with Crippen molar-refractivity contribution in [1.29, 1.82) is 0 Å². The minimum atomic E-state index is -0.778.